The SMILES string of the molecule is NCCCOc1ccc2c(c1)c(-c1cccc(CO)c1)nn2C1CCCCO1. The number of nitrogens with zero attached hydrogens (tertiary/aromatic N) is 2. The third-order valence-corrected chi connectivity index (χ3v) is 5.11. The Morgan fingerprint density at radius 3 is 2.93 bits per heavy atom. The van der Waals surface area contributed by atoms with Crippen molar-refractivity contribution in [3.05, 3.63) is 48.0 Å². The van der Waals surface area contributed by atoms with E-state index in [9.17, 15) is 5.11 Å². The summed E-state index contributed by atoms with van der Waals surface area (Å²) in [4.78, 5) is 0. The largest absolute Gasteiger partial charge is 0.494 e. The van der Waals surface area contributed by atoms with Gasteiger partial charge < -0.3 is 20.3 Å². The van der Waals surface area contributed by atoms with Crippen LogP contribution in [0, 0.1) is 0 Å². The second-order valence-electron chi connectivity index (χ2n) is 7.14. The molecule has 6 heteroatoms. The van der Waals surface area contributed by atoms with Crippen molar-refractivity contribution in [2.45, 2.75) is 38.5 Å². The first-order valence-electron chi connectivity index (χ1n) is 9.97. The van der Waals surface area contributed by atoms with Gasteiger partial charge in [-0.3, -0.25) is 0 Å². The van der Waals surface area contributed by atoms with Gasteiger partial charge in [0.05, 0.1) is 18.7 Å². The molecule has 3 N–H and O–H groups in total. The van der Waals surface area contributed by atoms with Crippen molar-refractivity contribution in [3.63, 3.8) is 0 Å². The monoisotopic (exact) mass is 381 g/mol. The molecule has 0 saturated carbocycles. The molecule has 6 nitrogen and oxygen atoms in total. The molecule has 1 aromatic heterocycles. The van der Waals surface area contributed by atoms with Crippen molar-refractivity contribution in [2.24, 2.45) is 5.73 Å². The van der Waals surface area contributed by atoms with E-state index < -0.39 is 0 Å². The highest BCUT2D eigenvalue weighted by atomic mass is 16.5. The first kappa shape index (κ1) is 18.9. The predicted octanol–water partition coefficient (Wildman–Crippen LogP) is 3.62. The van der Waals surface area contributed by atoms with E-state index in [0.717, 1.165) is 65.8 Å². The molecule has 0 spiro atoms. The second kappa shape index (κ2) is 8.73. The van der Waals surface area contributed by atoms with Gasteiger partial charge in [0, 0.05) is 17.6 Å². The van der Waals surface area contributed by atoms with E-state index in [1.165, 1.54) is 0 Å². The summed E-state index contributed by atoms with van der Waals surface area (Å²) in [6, 6.07) is 13.9. The minimum atomic E-state index is -0.0463. The van der Waals surface area contributed by atoms with Gasteiger partial charge >= 0.3 is 0 Å². The van der Waals surface area contributed by atoms with Crippen LogP contribution in [-0.4, -0.2) is 34.6 Å². The van der Waals surface area contributed by atoms with Gasteiger partial charge in [0.15, 0.2) is 6.23 Å². The van der Waals surface area contributed by atoms with E-state index in [-0.39, 0.29) is 12.8 Å². The Morgan fingerprint density at radius 2 is 2.14 bits per heavy atom. The van der Waals surface area contributed by atoms with Crippen molar-refractivity contribution < 1.29 is 14.6 Å². The third-order valence-electron chi connectivity index (χ3n) is 5.11. The van der Waals surface area contributed by atoms with Crippen LogP contribution in [0.1, 0.15) is 37.5 Å². The molecule has 2 aromatic carbocycles. The molecule has 3 aromatic rings. The molecule has 28 heavy (non-hydrogen) atoms. The maximum absolute atomic E-state index is 9.52. The van der Waals surface area contributed by atoms with Crippen LogP contribution in [0.25, 0.3) is 22.2 Å². The topological polar surface area (TPSA) is 82.5 Å². The van der Waals surface area contributed by atoms with Crippen molar-refractivity contribution in [3.8, 4) is 17.0 Å². The van der Waals surface area contributed by atoms with Gasteiger partial charge in [0.2, 0.25) is 0 Å². The summed E-state index contributed by atoms with van der Waals surface area (Å²) in [5.41, 5.74) is 9.32. The lowest BCUT2D eigenvalue weighted by atomic mass is 10.1. The number of aliphatic hydroxyl groups excluding tert-OH is 1. The molecule has 1 aliphatic heterocycles. The molecule has 1 aliphatic rings. The number of fused-ring (bicyclic) bond motifs is 1. The minimum absolute atomic E-state index is 0.00562. The van der Waals surface area contributed by atoms with Crippen LogP contribution in [0.2, 0.25) is 0 Å². The first-order valence-corrected chi connectivity index (χ1v) is 9.97. The Labute approximate surface area is 164 Å². The smallest absolute Gasteiger partial charge is 0.150 e. The van der Waals surface area contributed by atoms with Gasteiger partial charge in [-0.25, -0.2) is 4.68 Å². The maximum Gasteiger partial charge on any atom is 0.150 e. The molecular weight excluding hydrogens is 354 g/mol. The fraction of sp³-hybridized carbons (Fsp3) is 0.409. The van der Waals surface area contributed by atoms with Crippen LogP contribution < -0.4 is 10.5 Å². The summed E-state index contributed by atoms with van der Waals surface area (Å²) < 4.78 is 13.8. The van der Waals surface area contributed by atoms with Crippen molar-refractivity contribution in [1.82, 2.24) is 9.78 Å². The molecule has 148 valence electrons. The average Bonchev–Trinajstić information content (AvgIpc) is 3.13. The number of ether oxygens (including phenoxy) is 2. The summed E-state index contributed by atoms with van der Waals surface area (Å²) in [7, 11) is 0. The van der Waals surface area contributed by atoms with E-state index in [2.05, 4.69) is 6.07 Å². The van der Waals surface area contributed by atoms with Gasteiger partial charge in [-0.05, 0) is 62.1 Å². The summed E-state index contributed by atoms with van der Waals surface area (Å²) in [6.07, 6.45) is 3.97. The summed E-state index contributed by atoms with van der Waals surface area (Å²) in [5, 5.41) is 15.5. The van der Waals surface area contributed by atoms with Crippen LogP contribution in [0.15, 0.2) is 42.5 Å². The number of nitrogens with two attached hydrogens (primary N) is 1. The number of rotatable bonds is 7. The molecule has 0 amide bonds. The first-order chi connectivity index (χ1) is 13.8. The molecule has 2 heterocycles. The van der Waals surface area contributed by atoms with Crippen LogP contribution in [0.5, 0.6) is 5.75 Å². The second-order valence-corrected chi connectivity index (χ2v) is 7.14. The fourth-order valence-electron chi connectivity index (χ4n) is 3.65. The standard InChI is InChI=1S/C22H27N3O3/c23-10-4-12-27-18-8-9-20-19(14-18)22(17-6-3-5-16(13-17)15-26)24-25(20)21-7-1-2-11-28-21/h3,5-6,8-9,13-14,21,26H,1-2,4,7,10-12,15,23H2. The lowest BCUT2D eigenvalue weighted by Crippen LogP contribution is -2.19. The number of aliphatic hydroxyl groups is 1. The Hall–Kier alpha value is -2.41. The highest BCUT2D eigenvalue weighted by Crippen LogP contribution is 2.35. The quantitative estimate of drug-likeness (QED) is 0.611. The Kier molecular flexibility index (Phi) is 5.90. The van der Waals surface area contributed by atoms with Crippen LogP contribution in [0.4, 0.5) is 0 Å². The molecule has 0 bridgehead atoms. The zero-order valence-corrected chi connectivity index (χ0v) is 16.0. The van der Waals surface area contributed by atoms with Gasteiger partial charge in [-0.1, -0.05) is 18.2 Å². The summed E-state index contributed by atoms with van der Waals surface area (Å²) in [6.45, 7) is 1.98. The molecule has 1 atom stereocenters. The van der Waals surface area contributed by atoms with E-state index >= 15 is 0 Å². The molecule has 0 radical (unpaired) electrons. The highest BCUT2D eigenvalue weighted by Gasteiger charge is 2.22. The predicted molar refractivity (Wildman–Crippen MR) is 109 cm³/mol. The molecule has 1 fully saturated rings. The number of hydrogen-bond donors (Lipinski definition) is 2. The zero-order chi connectivity index (χ0) is 19.3. The average molecular weight is 381 g/mol. The maximum atomic E-state index is 9.52. The molecule has 0 aliphatic carbocycles. The van der Waals surface area contributed by atoms with Crippen LogP contribution in [0.3, 0.4) is 0 Å². The third kappa shape index (κ3) is 3.90. The number of benzene rings is 2. The Morgan fingerprint density at radius 1 is 1.21 bits per heavy atom. The molecule has 1 unspecified atom stereocenters. The molecule has 4 rings (SSSR count). The normalized spacial score (nSPS) is 17.1. The van der Waals surface area contributed by atoms with Gasteiger partial charge in [-0.2, -0.15) is 5.10 Å². The van der Waals surface area contributed by atoms with E-state index in [4.69, 9.17) is 20.3 Å². The van der Waals surface area contributed by atoms with Crippen molar-refractivity contribution in [1.29, 1.82) is 0 Å². The Balaban J connectivity index is 1.79. The van der Waals surface area contributed by atoms with Gasteiger partial charge in [0.25, 0.3) is 0 Å². The van der Waals surface area contributed by atoms with E-state index in [1.54, 1.807) is 0 Å². The summed E-state index contributed by atoms with van der Waals surface area (Å²) in [5.74, 6) is 0.810. The molecular formula is C22H27N3O3. The van der Waals surface area contributed by atoms with Crippen molar-refractivity contribution in [2.75, 3.05) is 19.8 Å². The minimum Gasteiger partial charge on any atom is -0.494 e. The Bertz CT molecular complexity index is 932. The highest BCUT2D eigenvalue weighted by molar-refractivity contribution is 5.94. The van der Waals surface area contributed by atoms with E-state index in [1.807, 2.05) is 41.1 Å². The zero-order valence-electron chi connectivity index (χ0n) is 16.0. The van der Waals surface area contributed by atoms with Crippen LogP contribution >= 0.6 is 0 Å². The fourth-order valence-corrected chi connectivity index (χ4v) is 3.65. The number of hydrogen-bond acceptors (Lipinski definition) is 5. The summed E-state index contributed by atoms with van der Waals surface area (Å²) >= 11 is 0. The molecule has 1 saturated heterocycles. The van der Waals surface area contributed by atoms with E-state index in [0.29, 0.717) is 13.2 Å². The lowest BCUT2D eigenvalue weighted by Gasteiger charge is -2.23. The van der Waals surface area contributed by atoms with Gasteiger partial charge in [0.1, 0.15) is 11.4 Å². The van der Waals surface area contributed by atoms with Crippen LogP contribution in [-0.2, 0) is 11.3 Å². The van der Waals surface area contributed by atoms with Gasteiger partial charge in [-0.15, -0.1) is 0 Å². The van der Waals surface area contributed by atoms with Crippen molar-refractivity contribution >= 4 is 10.9 Å². The number of aromatic nitrogens is 2. The lowest BCUT2D eigenvalue weighted by molar-refractivity contribution is -0.0365.